The van der Waals surface area contributed by atoms with Gasteiger partial charge in [0.2, 0.25) is 5.28 Å². The van der Waals surface area contributed by atoms with E-state index in [1.165, 1.54) is 5.57 Å². The molecule has 2 aromatic rings. The van der Waals surface area contributed by atoms with Gasteiger partial charge in [0.15, 0.2) is 0 Å². The molecule has 0 saturated heterocycles. The Bertz CT molecular complexity index is 757. The Hall–Kier alpha value is -1.85. The van der Waals surface area contributed by atoms with E-state index in [1.807, 2.05) is 6.92 Å². The van der Waals surface area contributed by atoms with Crippen molar-refractivity contribution in [1.82, 2.24) is 15.0 Å². The number of rotatable bonds is 5. The number of hydrogen-bond donors (Lipinski definition) is 3. The lowest BCUT2D eigenvalue weighted by atomic mass is 10.1. The number of aromatic nitrogens is 3. The van der Waals surface area contributed by atoms with Gasteiger partial charge in [0.25, 0.3) is 0 Å². The van der Waals surface area contributed by atoms with Gasteiger partial charge in [-0.05, 0) is 43.0 Å². The summed E-state index contributed by atoms with van der Waals surface area (Å²) in [5.41, 5.74) is 10.2. The van der Waals surface area contributed by atoms with Crippen LogP contribution in [0.2, 0.25) is 5.28 Å². The lowest BCUT2D eigenvalue weighted by Gasteiger charge is -2.09. The Balaban J connectivity index is 1.95. The average Bonchev–Trinajstić information content (AvgIpc) is 3.05. The smallest absolute Gasteiger partial charge is 0.226 e. The number of aromatic amines is 1. The van der Waals surface area contributed by atoms with Gasteiger partial charge in [0.05, 0.1) is 5.39 Å². The maximum absolute atomic E-state index is 6.05. The van der Waals surface area contributed by atoms with Crippen LogP contribution in [0.1, 0.15) is 24.6 Å². The summed E-state index contributed by atoms with van der Waals surface area (Å²) in [6, 6.07) is 0.0846. The Morgan fingerprint density at radius 3 is 2.95 bits per heavy atom. The zero-order valence-electron chi connectivity index (χ0n) is 12.8. The van der Waals surface area contributed by atoms with Gasteiger partial charge >= 0.3 is 0 Å². The number of nitrogens with one attached hydrogen (secondary N) is 2. The van der Waals surface area contributed by atoms with E-state index < -0.39 is 0 Å². The number of allylic oxidation sites excluding steroid dienone is 3. The second-order valence-electron chi connectivity index (χ2n) is 5.79. The minimum Gasteiger partial charge on any atom is -0.366 e. The normalized spacial score (nSPS) is 15.4. The van der Waals surface area contributed by atoms with E-state index in [4.69, 9.17) is 17.3 Å². The number of anilines is 1. The molecule has 4 N–H and O–H groups in total. The molecule has 0 aromatic carbocycles. The fourth-order valence-electron chi connectivity index (χ4n) is 2.74. The van der Waals surface area contributed by atoms with Crippen LogP contribution in [-0.2, 0) is 6.42 Å². The molecule has 6 heteroatoms. The van der Waals surface area contributed by atoms with Crippen LogP contribution in [0, 0.1) is 6.92 Å². The first-order chi connectivity index (χ1) is 10.5. The molecule has 0 bridgehead atoms. The molecule has 1 aliphatic carbocycles. The number of fused-ring (bicyclic) bond motifs is 1. The van der Waals surface area contributed by atoms with Gasteiger partial charge in [0.1, 0.15) is 11.5 Å². The van der Waals surface area contributed by atoms with Crippen LogP contribution in [0.3, 0.4) is 0 Å². The van der Waals surface area contributed by atoms with Crippen molar-refractivity contribution in [3.8, 4) is 0 Å². The van der Waals surface area contributed by atoms with Crippen molar-refractivity contribution < 1.29 is 0 Å². The lowest BCUT2D eigenvalue weighted by molar-refractivity contribution is 0.723. The number of hydrogen-bond acceptors (Lipinski definition) is 4. The molecule has 1 aliphatic rings. The minimum absolute atomic E-state index is 0.0846. The minimum atomic E-state index is 0.0846. The molecule has 0 aliphatic heterocycles. The van der Waals surface area contributed by atoms with Gasteiger partial charge in [-0.15, -0.1) is 0 Å². The van der Waals surface area contributed by atoms with E-state index in [0.717, 1.165) is 47.5 Å². The average molecular weight is 318 g/mol. The monoisotopic (exact) mass is 317 g/mol. The van der Waals surface area contributed by atoms with Crippen LogP contribution in [0.25, 0.3) is 11.0 Å². The Morgan fingerprint density at radius 1 is 1.45 bits per heavy atom. The first kappa shape index (κ1) is 15.1. The van der Waals surface area contributed by atoms with Crippen LogP contribution in [0.15, 0.2) is 23.8 Å². The molecular formula is C16H20ClN5. The summed E-state index contributed by atoms with van der Waals surface area (Å²) in [5.74, 6) is 0.771. The molecule has 2 heterocycles. The van der Waals surface area contributed by atoms with E-state index >= 15 is 0 Å². The molecule has 1 atom stereocenters. The standard InChI is InChI=1S/C16H20ClN5/c1-9(18)7-12-10(2)13-14(19-8-11-5-3-4-6-11)21-16(17)22-15(13)20-12/h3-5,9H,6-8,18H2,1-2H3,(H2,19,20,21,22)/t9-/m0/s1. The Morgan fingerprint density at radius 2 is 2.27 bits per heavy atom. The molecular weight excluding hydrogens is 298 g/mol. The molecule has 0 amide bonds. The topological polar surface area (TPSA) is 79.6 Å². The third-order valence-electron chi connectivity index (χ3n) is 3.84. The number of nitrogens with zero attached hydrogens (tertiary/aromatic N) is 2. The lowest BCUT2D eigenvalue weighted by Crippen LogP contribution is -2.18. The molecule has 22 heavy (non-hydrogen) atoms. The van der Waals surface area contributed by atoms with Gasteiger partial charge in [-0.1, -0.05) is 18.2 Å². The fourth-order valence-corrected chi connectivity index (χ4v) is 2.91. The zero-order valence-corrected chi connectivity index (χ0v) is 13.5. The summed E-state index contributed by atoms with van der Waals surface area (Å²) in [4.78, 5) is 12.0. The molecule has 0 fully saturated rings. The molecule has 2 aromatic heterocycles. The summed E-state index contributed by atoms with van der Waals surface area (Å²) >= 11 is 6.05. The number of halogens is 1. The second kappa shape index (κ2) is 6.10. The van der Waals surface area contributed by atoms with Crippen LogP contribution < -0.4 is 11.1 Å². The first-order valence-electron chi connectivity index (χ1n) is 7.43. The number of aryl methyl sites for hydroxylation is 1. The van der Waals surface area contributed by atoms with E-state index in [9.17, 15) is 0 Å². The van der Waals surface area contributed by atoms with Crippen LogP contribution in [0.5, 0.6) is 0 Å². The van der Waals surface area contributed by atoms with E-state index in [0.29, 0.717) is 0 Å². The van der Waals surface area contributed by atoms with E-state index in [-0.39, 0.29) is 11.3 Å². The molecule has 0 radical (unpaired) electrons. The highest BCUT2D eigenvalue weighted by molar-refractivity contribution is 6.28. The SMILES string of the molecule is Cc1c(C[C@H](C)N)[nH]c2nc(Cl)nc(NCC3=CC=CC3)c12. The van der Waals surface area contributed by atoms with E-state index in [1.54, 1.807) is 0 Å². The van der Waals surface area contributed by atoms with Gasteiger partial charge in [-0.25, -0.2) is 4.98 Å². The number of nitrogens with two attached hydrogens (primary N) is 1. The van der Waals surface area contributed by atoms with Crippen LogP contribution in [0.4, 0.5) is 5.82 Å². The molecule has 3 rings (SSSR count). The third kappa shape index (κ3) is 3.00. The van der Waals surface area contributed by atoms with Crippen molar-refractivity contribution in [3.63, 3.8) is 0 Å². The van der Waals surface area contributed by atoms with Crippen molar-refractivity contribution >= 4 is 28.5 Å². The molecule has 116 valence electrons. The summed E-state index contributed by atoms with van der Waals surface area (Å²) in [5, 5.41) is 4.61. The third-order valence-corrected chi connectivity index (χ3v) is 4.00. The molecule has 0 unspecified atom stereocenters. The Labute approximate surface area is 134 Å². The molecule has 0 spiro atoms. The van der Waals surface area contributed by atoms with Crippen LogP contribution >= 0.6 is 11.6 Å². The van der Waals surface area contributed by atoms with Gasteiger partial charge in [0, 0.05) is 24.7 Å². The summed E-state index contributed by atoms with van der Waals surface area (Å²) in [7, 11) is 0. The second-order valence-corrected chi connectivity index (χ2v) is 6.12. The highest BCUT2D eigenvalue weighted by Gasteiger charge is 2.16. The van der Waals surface area contributed by atoms with Gasteiger partial charge < -0.3 is 16.0 Å². The van der Waals surface area contributed by atoms with Crippen molar-refractivity contribution in [3.05, 3.63) is 40.3 Å². The van der Waals surface area contributed by atoms with Crippen molar-refractivity contribution in [2.24, 2.45) is 5.73 Å². The summed E-state index contributed by atoms with van der Waals surface area (Å²) in [6.07, 6.45) is 8.09. The van der Waals surface area contributed by atoms with Crippen molar-refractivity contribution in [2.75, 3.05) is 11.9 Å². The predicted octanol–water partition coefficient (Wildman–Crippen LogP) is 3.11. The van der Waals surface area contributed by atoms with Crippen molar-refractivity contribution in [2.45, 2.75) is 32.7 Å². The fraction of sp³-hybridized carbons (Fsp3) is 0.375. The predicted molar refractivity (Wildman–Crippen MR) is 91.3 cm³/mol. The summed E-state index contributed by atoms with van der Waals surface area (Å²) in [6.45, 7) is 4.81. The quantitative estimate of drug-likeness (QED) is 0.740. The largest absolute Gasteiger partial charge is 0.366 e. The van der Waals surface area contributed by atoms with Crippen LogP contribution in [-0.4, -0.2) is 27.5 Å². The molecule has 5 nitrogen and oxygen atoms in total. The van der Waals surface area contributed by atoms with Crippen molar-refractivity contribution in [1.29, 1.82) is 0 Å². The van der Waals surface area contributed by atoms with E-state index in [2.05, 4.69) is 45.4 Å². The first-order valence-corrected chi connectivity index (χ1v) is 7.81. The highest BCUT2D eigenvalue weighted by Crippen LogP contribution is 2.28. The number of H-pyrrole nitrogens is 1. The van der Waals surface area contributed by atoms with Gasteiger partial charge in [-0.2, -0.15) is 4.98 Å². The maximum atomic E-state index is 6.05. The highest BCUT2D eigenvalue weighted by atomic mass is 35.5. The maximum Gasteiger partial charge on any atom is 0.226 e. The molecule has 0 saturated carbocycles. The summed E-state index contributed by atoms with van der Waals surface area (Å²) < 4.78 is 0. The Kier molecular flexibility index (Phi) is 4.18. The van der Waals surface area contributed by atoms with Gasteiger partial charge in [-0.3, -0.25) is 0 Å². The zero-order chi connectivity index (χ0) is 15.7.